The van der Waals surface area contributed by atoms with Crippen LogP contribution < -0.4 is 11.3 Å². The van der Waals surface area contributed by atoms with Crippen LogP contribution in [0.3, 0.4) is 0 Å². The summed E-state index contributed by atoms with van der Waals surface area (Å²) in [5, 5.41) is 7.00. The first-order chi connectivity index (χ1) is 3.81. The van der Waals surface area contributed by atoms with E-state index < -0.39 is 0 Å². The molecule has 0 spiro atoms. The first-order valence-electron chi connectivity index (χ1n) is 2.85. The number of hydrazine groups is 1. The van der Waals surface area contributed by atoms with Gasteiger partial charge in [0.15, 0.2) is 0 Å². The standard InChI is InChI=1S/C5H13N3.ClH/c1-2-3-4-5(6)8-7;/h2-4,7H2,1H3,(H2,6,8);1H. The Morgan fingerprint density at radius 1 is 1.67 bits per heavy atom. The van der Waals surface area contributed by atoms with Gasteiger partial charge in [0, 0.05) is 6.42 Å². The van der Waals surface area contributed by atoms with E-state index in [4.69, 9.17) is 11.3 Å². The molecule has 0 aromatic heterocycles. The first kappa shape index (κ1) is 11.5. The molecular weight excluding hydrogens is 138 g/mol. The molecule has 9 heavy (non-hydrogen) atoms. The molecule has 0 heterocycles. The second-order valence-electron chi connectivity index (χ2n) is 1.73. The highest BCUT2D eigenvalue weighted by Crippen LogP contribution is 1.91. The van der Waals surface area contributed by atoms with Gasteiger partial charge in [0.1, 0.15) is 5.84 Å². The lowest BCUT2D eigenvalue weighted by atomic mass is 10.2. The molecule has 0 unspecified atom stereocenters. The number of nitrogens with two attached hydrogens (primary N) is 1. The van der Waals surface area contributed by atoms with Gasteiger partial charge in [0.25, 0.3) is 0 Å². The molecule has 0 aromatic carbocycles. The van der Waals surface area contributed by atoms with Crippen LogP contribution in [0.15, 0.2) is 0 Å². The van der Waals surface area contributed by atoms with Crippen LogP contribution in [0.25, 0.3) is 0 Å². The SMILES string of the molecule is CCCCC(=N)NN.Cl. The third kappa shape index (κ3) is 7.72. The average Bonchev–Trinajstić information content (AvgIpc) is 1.83. The first-order valence-corrected chi connectivity index (χ1v) is 2.85. The van der Waals surface area contributed by atoms with Crippen molar-refractivity contribution in [3.8, 4) is 0 Å². The molecule has 0 fully saturated rings. The summed E-state index contributed by atoms with van der Waals surface area (Å²) in [7, 11) is 0. The van der Waals surface area contributed by atoms with Crippen molar-refractivity contribution in [2.45, 2.75) is 26.2 Å². The van der Waals surface area contributed by atoms with E-state index >= 15 is 0 Å². The van der Waals surface area contributed by atoms with Gasteiger partial charge in [-0.2, -0.15) is 0 Å². The molecule has 0 rings (SSSR count). The molecule has 3 nitrogen and oxygen atoms in total. The molecule has 0 aliphatic heterocycles. The van der Waals surface area contributed by atoms with E-state index in [1.54, 1.807) is 0 Å². The van der Waals surface area contributed by atoms with E-state index in [0.717, 1.165) is 19.3 Å². The lowest BCUT2D eigenvalue weighted by Gasteiger charge is -1.97. The zero-order valence-corrected chi connectivity index (χ0v) is 6.42. The van der Waals surface area contributed by atoms with Crippen molar-refractivity contribution in [2.24, 2.45) is 5.84 Å². The summed E-state index contributed by atoms with van der Waals surface area (Å²) in [6.45, 7) is 2.09. The second kappa shape index (κ2) is 7.72. The van der Waals surface area contributed by atoms with Crippen molar-refractivity contribution in [3.05, 3.63) is 0 Å². The molecule has 0 saturated heterocycles. The van der Waals surface area contributed by atoms with Gasteiger partial charge >= 0.3 is 0 Å². The van der Waals surface area contributed by atoms with Crippen LogP contribution in [-0.2, 0) is 0 Å². The van der Waals surface area contributed by atoms with Gasteiger partial charge in [-0.1, -0.05) is 13.3 Å². The maximum atomic E-state index is 7.00. The van der Waals surface area contributed by atoms with Crippen LogP contribution in [0.5, 0.6) is 0 Å². The predicted octanol–water partition coefficient (Wildman–Crippen LogP) is 1.04. The quantitative estimate of drug-likeness (QED) is 0.244. The summed E-state index contributed by atoms with van der Waals surface area (Å²) in [4.78, 5) is 0. The molecule has 56 valence electrons. The number of amidine groups is 1. The van der Waals surface area contributed by atoms with E-state index in [1.807, 2.05) is 0 Å². The molecule has 0 amide bonds. The Labute approximate surface area is 61.9 Å². The summed E-state index contributed by atoms with van der Waals surface area (Å²) in [6.07, 6.45) is 2.93. The highest BCUT2D eigenvalue weighted by molar-refractivity contribution is 5.85. The van der Waals surface area contributed by atoms with Gasteiger partial charge in [-0.05, 0) is 6.42 Å². The summed E-state index contributed by atoms with van der Waals surface area (Å²) in [5.41, 5.74) is 2.28. The van der Waals surface area contributed by atoms with Crippen LogP contribution in [0.1, 0.15) is 26.2 Å². The molecular formula is C5H14ClN3. The van der Waals surface area contributed by atoms with Crippen molar-refractivity contribution in [2.75, 3.05) is 0 Å². The molecule has 0 bridgehead atoms. The maximum absolute atomic E-state index is 7.00. The Bertz CT molecular complexity index is 74.6. The molecule has 0 aliphatic carbocycles. The minimum Gasteiger partial charge on any atom is -0.312 e. The summed E-state index contributed by atoms with van der Waals surface area (Å²) >= 11 is 0. The molecule has 0 atom stereocenters. The summed E-state index contributed by atoms with van der Waals surface area (Å²) in [6, 6.07) is 0. The molecule has 0 aromatic rings. The van der Waals surface area contributed by atoms with Crippen LogP contribution in [-0.4, -0.2) is 5.84 Å². The van der Waals surface area contributed by atoms with Crippen molar-refractivity contribution < 1.29 is 0 Å². The Morgan fingerprint density at radius 3 is 2.56 bits per heavy atom. The summed E-state index contributed by atoms with van der Waals surface area (Å²) in [5.74, 6) is 5.36. The third-order valence-electron chi connectivity index (χ3n) is 0.955. The fourth-order valence-electron chi connectivity index (χ4n) is 0.426. The van der Waals surface area contributed by atoms with E-state index in [1.165, 1.54) is 0 Å². The Hall–Kier alpha value is -0.280. The van der Waals surface area contributed by atoms with E-state index in [2.05, 4.69) is 12.3 Å². The topological polar surface area (TPSA) is 61.9 Å². The van der Waals surface area contributed by atoms with Crippen LogP contribution >= 0.6 is 12.4 Å². The Morgan fingerprint density at radius 2 is 2.22 bits per heavy atom. The number of unbranched alkanes of at least 4 members (excludes halogenated alkanes) is 1. The van der Waals surface area contributed by atoms with Gasteiger partial charge in [-0.25, -0.2) is 5.84 Å². The fourth-order valence-corrected chi connectivity index (χ4v) is 0.426. The van der Waals surface area contributed by atoms with Gasteiger partial charge < -0.3 is 5.43 Å². The minimum atomic E-state index is 0. The largest absolute Gasteiger partial charge is 0.312 e. The smallest absolute Gasteiger partial charge is 0.107 e. The predicted molar refractivity (Wildman–Crippen MR) is 41.8 cm³/mol. The number of hydrogen-bond acceptors (Lipinski definition) is 2. The van der Waals surface area contributed by atoms with Crippen molar-refractivity contribution >= 4 is 18.2 Å². The van der Waals surface area contributed by atoms with Crippen LogP contribution in [0, 0.1) is 5.41 Å². The van der Waals surface area contributed by atoms with Crippen LogP contribution in [0.2, 0.25) is 0 Å². The molecule has 0 aliphatic rings. The van der Waals surface area contributed by atoms with E-state index in [-0.39, 0.29) is 12.4 Å². The van der Waals surface area contributed by atoms with Gasteiger partial charge in [0.05, 0.1) is 0 Å². The van der Waals surface area contributed by atoms with Gasteiger partial charge in [-0.3, -0.25) is 5.41 Å². The monoisotopic (exact) mass is 151 g/mol. The fraction of sp³-hybridized carbons (Fsp3) is 0.800. The lowest BCUT2D eigenvalue weighted by molar-refractivity contribution is 0.804. The van der Waals surface area contributed by atoms with Gasteiger partial charge in [-0.15, -0.1) is 12.4 Å². The van der Waals surface area contributed by atoms with Crippen molar-refractivity contribution in [1.82, 2.24) is 5.43 Å². The normalized spacial score (nSPS) is 7.78. The zero-order chi connectivity index (χ0) is 6.41. The maximum Gasteiger partial charge on any atom is 0.107 e. The van der Waals surface area contributed by atoms with Crippen molar-refractivity contribution in [1.29, 1.82) is 5.41 Å². The number of nitrogens with one attached hydrogen (secondary N) is 2. The zero-order valence-electron chi connectivity index (χ0n) is 5.61. The summed E-state index contributed by atoms with van der Waals surface area (Å²) < 4.78 is 0. The highest BCUT2D eigenvalue weighted by Gasteiger charge is 1.88. The van der Waals surface area contributed by atoms with Crippen molar-refractivity contribution in [3.63, 3.8) is 0 Å². The van der Waals surface area contributed by atoms with E-state index in [0.29, 0.717) is 5.84 Å². The molecule has 4 N–H and O–H groups in total. The van der Waals surface area contributed by atoms with Crippen LogP contribution in [0.4, 0.5) is 0 Å². The number of hydrogen-bond donors (Lipinski definition) is 3. The molecule has 0 saturated carbocycles. The Kier molecular flexibility index (Phi) is 9.87. The van der Waals surface area contributed by atoms with E-state index in [9.17, 15) is 0 Å². The number of rotatable bonds is 3. The minimum absolute atomic E-state index is 0. The second-order valence-corrected chi connectivity index (χ2v) is 1.73. The molecule has 4 heteroatoms. The average molecular weight is 152 g/mol. The third-order valence-corrected chi connectivity index (χ3v) is 0.955. The lowest BCUT2D eigenvalue weighted by Crippen LogP contribution is -2.28. The van der Waals surface area contributed by atoms with Gasteiger partial charge in [0.2, 0.25) is 0 Å². The number of halogens is 1. The Balaban J connectivity index is 0. The highest BCUT2D eigenvalue weighted by atomic mass is 35.5. The molecule has 0 radical (unpaired) electrons.